The minimum Gasteiger partial charge on any atom is -0.311 e. The lowest BCUT2D eigenvalue weighted by molar-refractivity contribution is 0.418. The molecule has 3 nitrogen and oxygen atoms in total. The zero-order chi connectivity index (χ0) is 15.7. The van der Waals surface area contributed by atoms with Gasteiger partial charge in [0.1, 0.15) is 5.82 Å². The molecule has 0 radical (unpaired) electrons. The summed E-state index contributed by atoms with van der Waals surface area (Å²) in [7, 11) is 3.78. The molecule has 1 unspecified atom stereocenters. The summed E-state index contributed by atoms with van der Waals surface area (Å²) in [5.74, 6) is 0.0209. The Morgan fingerprint density at radius 2 is 1.95 bits per heavy atom. The number of hydrogen-bond donors (Lipinski definition) is 1. The monoisotopic (exact) mass is 309 g/mol. The Labute approximate surface area is 130 Å². The Hall–Kier alpha value is -1.39. The standard InChI is InChI=1S/C16H21ClFN3/c1-9(2)15(19-4)16-13(10(3)20-21(16)5)14-11(17)7-6-8-12(14)18/h6-9,15,19H,1-5H3. The maximum Gasteiger partial charge on any atom is 0.132 e. The molecule has 1 heterocycles. The number of hydrogen-bond acceptors (Lipinski definition) is 2. The number of rotatable bonds is 4. The average Bonchev–Trinajstić information content (AvgIpc) is 2.66. The van der Waals surface area contributed by atoms with Crippen molar-refractivity contribution in [2.24, 2.45) is 13.0 Å². The normalized spacial score (nSPS) is 13.0. The summed E-state index contributed by atoms with van der Waals surface area (Å²) in [5, 5.41) is 8.18. The van der Waals surface area contributed by atoms with E-state index in [1.54, 1.807) is 12.1 Å². The Balaban J connectivity index is 2.75. The van der Waals surface area contributed by atoms with Crippen LogP contribution >= 0.6 is 11.6 Å². The molecule has 0 saturated carbocycles. The van der Waals surface area contributed by atoms with Crippen LogP contribution in [-0.4, -0.2) is 16.8 Å². The Morgan fingerprint density at radius 1 is 1.29 bits per heavy atom. The maximum atomic E-state index is 14.3. The van der Waals surface area contributed by atoms with Crippen molar-refractivity contribution in [3.63, 3.8) is 0 Å². The van der Waals surface area contributed by atoms with Crippen LogP contribution < -0.4 is 5.32 Å². The van der Waals surface area contributed by atoms with Crippen molar-refractivity contribution in [2.45, 2.75) is 26.8 Å². The molecule has 1 aromatic carbocycles. The molecule has 0 aliphatic rings. The van der Waals surface area contributed by atoms with Gasteiger partial charge in [0.05, 0.1) is 22.5 Å². The van der Waals surface area contributed by atoms with Gasteiger partial charge in [0.25, 0.3) is 0 Å². The van der Waals surface area contributed by atoms with Crippen LogP contribution in [0.4, 0.5) is 4.39 Å². The van der Waals surface area contributed by atoms with Crippen molar-refractivity contribution in [1.82, 2.24) is 15.1 Å². The third-order valence-electron chi connectivity index (χ3n) is 3.75. The van der Waals surface area contributed by atoms with Crippen LogP contribution in [0.25, 0.3) is 11.1 Å². The highest BCUT2D eigenvalue weighted by atomic mass is 35.5. The van der Waals surface area contributed by atoms with Crippen molar-refractivity contribution in [1.29, 1.82) is 0 Å². The van der Waals surface area contributed by atoms with E-state index >= 15 is 0 Å². The van der Waals surface area contributed by atoms with Crippen molar-refractivity contribution in [3.05, 3.63) is 40.4 Å². The quantitative estimate of drug-likeness (QED) is 0.921. The van der Waals surface area contributed by atoms with Crippen molar-refractivity contribution >= 4 is 11.6 Å². The highest BCUT2D eigenvalue weighted by Crippen LogP contribution is 2.38. The van der Waals surface area contributed by atoms with E-state index in [-0.39, 0.29) is 11.9 Å². The van der Waals surface area contributed by atoms with Gasteiger partial charge in [-0.3, -0.25) is 4.68 Å². The van der Waals surface area contributed by atoms with E-state index in [1.165, 1.54) is 6.07 Å². The van der Waals surface area contributed by atoms with E-state index in [9.17, 15) is 4.39 Å². The van der Waals surface area contributed by atoms with Gasteiger partial charge in [-0.15, -0.1) is 0 Å². The minimum atomic E-state index is -0.321. The third-order valence-corrected chi connectivity index (χ3v) is 4.07. The van der Waals surface area contributed by atoms with Crippen LogP contribution in [0, 0.1) is 18.7 Å². The molecule has 114 valence electrons. The number of benzene rings is 1. The van der Waals surface area contributed by atoms with E-state index in [2.05, 4.69) is 24.3 Å². The summed E-state index contributed by atoms with van der Waals surface area (Å²) in [6.45, 7) is 6.13. The summed E-state index contributed by atoms with van der Waals surface area (Å²) >= 11 is 6.25. The largest absolute Gasteiger partial charge is 0.311 e. The van der Waals surface area contributed by atoms with Gasteiger partial charge in [0, 0.05) is 18.2 Å². The predicted molar refractivity (Wildman–Crippen MR) is 85.0 cm³/mol. The second-order valence-corrected chi connectivity index (χ2v) is 5.98. The molecule has 0 amide bonds. The first-order valence-corrected chi connectivity index (χ1v) is 7.41. The number of nitrogens with zero attached hydrogens (tertiary/aromatic N) is 2. The highest BCUT2D eigenvalue weighted by molar-refractivity contribution is 6.33. The zero-order valence-corrected chi connectivity index (χ0v) is 13.8. The van der Waals surface area contributed by atoms with Crippen molar-refractivity contribution < 1.29 is 4.39 Å². The van der Waals surface area contributed by atoms with E-state index in [1.807, 2.05) is 25.7 Å². The number of aryl methyl sites for hydroxylation is 2. The maximum absolute atomic E-state index is 14.3. The van der Waals surface area contributed by atoms with Gasteiger partial charge >= 0.3 is 0 Å². The van der Waals surface area contributed by atoms with Crippen molar-refractivity contribution in [3.8, 4) is 11.1 Å². The van der Waals surface area contributed by atoms with Crippen molar-refractivity contribution in [2.75, 3.05) is 7.05 Å². The first kappa shape index (κ1) is 16.0. The SMILES string of the molecule is CNC(c1c(-c2c(F)cccc2Cl)c(C)nn1C)C(C)C. The molecule has 5 heteroatoms. The first-order chi connectivity index (χ1) is 9.88. The molecular formula is C16H21ClFN3. The van der Waals surface area contributed by atoms with E-state index in [0.29, 0.717) is 16.5 Å². The smallest absolute Gasteiger partial charge is 0.132 e. The lowest BCUT2D eigenvalue weighted by Crippen LogP contribution is -2.25. The van der Waals surface area contributed by atoms with Gasteiger partial charge in [-0.1, -0.05) is 31.5 Å². The molecule has 0 spiro atoms. The number of halogens is 2. The molecular weight excluding hydrogens is 289 g/mol. The fraction of sp³-hybridized carbons (Fsp3) is 0.438. The molecule has 0 fully saturated rings. The summed E-state index contributed by atoms with van der Waals surface area (Å²) in [5.41, 5.74) is 2.95. The molecule has 1 N–H and O–H groups in total. The molecule has 0 aliphatic carbocycles. The molecule has 2 aromatic rings. The van der Waals surface area contributed by atoms with Crippen LogP contribution in [-0.2, 0) is 7.05 Å². The fourth-order valence-electron chi connectivity index (χ4n) is 2.86. The van der Waals surface area contributed by atoms with Crippen LogP contribution in [0.15, 0.2) is 18.2 Å². The summed E-state index contributed by atoms with van der Waals surface area (Å²) in [4.78, 5) is 0. The summed E-state index contributed by atoms with van der Waals surface area (Å²) in [6.07, 6.45) is 0. The van der Waals surface area contributed by atoms with Gasteiger partial charge in [-0.2, -0.15) is 5.10 Å². The van der Waals surface area contributed by atoms with Crippen LogP contribution in [0.1, 0.15) is 31.3 Å². The van der Waals surface area contributed by atoms with Gasteiger partial charge < -0.3 is 5.32 Å². The van der Waals surface area contributed by atoms with Gasteiger partial charge in [0.2, 0.25) is 0 Å². The van der Waals surface area contributed by atoms with E-state index < -0.39 is 0 Å². The van der Waals surface area contributed by atoms with Gasteiger partial charge in [0.15, 0.2) is 0 Å². The predicted octanol–water partition coefficient (Wildman–Crippen LogP) is 4.10. The number of aromatic nitrogens is 2. The van der Waals surface area contributed by atoms with Crippen LogP contribution in [0.3, 0.4) is 0 Å². The molecule has 1 aromatic heterocycles. The lowest BCUT2D eigenvalue weighted by Gasteiger charge is -2.22. The Kier molecular flexibility index (Phi) is 4.69. The molecule has 0 aliphatic heterocycles. The molecule has 0 bridgehead atoms. The topological polar surface area (TPSA) is 29.9 Å². The van der Waals surface area contributed by atoms with Crippen LogP contribution in [0.5, 0.6) is 0 Å². The lowest BCUT2D eigenvalue weighted by atomic mass is 9.93. The summed E-state index contributed by atoms with van der Waals surface area (Å²) in [6, 6.07) is 4.83. The number of nitrogens with one attached hydrogen (secondary N) is 1. The fourth-order valence-corrected chi connectivity index (χ4v) is 3.12. The molecule has 21 heavy (non-hydrogen) atoms. The first-order valence-electron chi connectivity index (χ1n) is 7.03. The Bertz CT molecular complexity index is 629. The second kappa shape index (κ2) is 6.16. The van der Waals surface area contributed by atoms with Gasteiger partial charge in [-0.25, -0.2) is 4.39 Å². The Morgan fingerprint density at radius 3 is 2.48 bits per heavy atom. The van der Waals surface area contributed by atoms with Gasteiger partial charge in [-0.05, 0) is 32.0 Å². The summed E-state index contributed by atoms with van der Waals surface area (Å²) < 4.78 is 16.1. The minimum absolute atomic E-state index is 0.0712. The highest BCUT2D eigenvalue weighted by Gasteiger charge is 2.27. The van der Waals surface area contributed by atoms with Crippen LogP contribution in [0.2, 0.25) is 5.02 Å². The average molecular weight is 310 g/mol. The third kappa shape index (κ3) is 2.83. The molecule has 1 atom stereocenters. The second-order valence-electron chi connectivity index (χ2n) is 5.58. The molecule has 0 saturated heterocycles. The zero-order valence-electron chi connectivity index (χ0n) is 13.0. The molecule has 2 rings (SSSR count). The van der Waals surface area contributed by atoms with E-state index in [4.69, 9.17) is 11.6 Å². The van der Waals surface area contributed by atoms with E-state index in [0.717, 1.165) is 17.0 Å².